The first-order chi connectivity index (χ1) is 9.50. The van der Waals surface area contributed by atoms with Crippen molar-refractivity contribution >= 4 is 13.7 Å². The van der Waals surface area contributed by atoms with Crippen molar-refractivity contribution in [3.05, 3.63) is 54.1 Å². The smallest absolute Gasteiger partial charge is 0.368 e. The zero-order chi connectivity index (χ0) is 14.8. The molecular formula is C15H16F2O2Si. The van der Waals surface area contributed by atoms with Crippen LogP contribution in [0.5, 0.6) is 0 Å². The summed E-state index contributed by atoms with van der Waals surface area (Å²) < 4.78 is 37.1. The van der Waals surface area contributed by atoms with E-state index in [0.717, 1.165) is 16.8 Å². The van der Waals surface area contributed by atoms with Crippen LogP contribution >= 0.6 is 0 Å². The summed E-state index contributed by atoms with van der Waals surface area (Å²) in [7, 11) is 0.897. The van der Waals surface area contributed by atoms with Crippen LogP contribution in [0.25, 0.3) is 11.1 Å². The fraction of sp³-hybridized carbons (Fsp3) is 0.200. The molecule has 2 rings (SSSR count). The monoisotopic (exact) mass is 294 g/mol. The van der Waals surface area contributed by atoms with Crippen molar-refractivity contribution < 1.29 is 17.6 Å². The number of hydrogen-bond acceptors (Lipinski definition) is 2. The first-order valence-corrected chi connectivity index (χ1v) is 8.48. The van der Waals surface area contributed by atoms with Crippen LogP contribution in [-0.4, -0.2) is 22.8 Å². The summed E-state index contributed by atoms with van der Waals surface area (Å²) >= 11 is 0. The predicted octanol–water partition coefficient (Wildman–Crippen LogP) is 3.20. The van der Waals surface area contributed by atoms with Gasteiger partial charge < -0.3 is 8.85 Å². The molecule has 20 heavy (non-hydrogen) atoms. The highest BCUT2D eigenvalue weighted by Crippen LogP contribution is 2.21. The van der Waals surface area contributed by atoms with Gasteiger partial charge in [-0.2, -0.15) is 0 Å². The number of halogens is 2. The van der Waals surface area contributed by atoms with Gasteiger partial charge in [0.25, 0.3) is 0 Å². The van der Waals surface area contributed by atoms with E-state index >= 15 is 0 Å². The minimum Gasteiger partial charge on any atom is -0.394 e. The largest absolute Gasteiger partial charge is 0.394 e. The Balaban J connectivity index is 2.34. The number of rotatable bonds is 4. The van der Waals surface area contributed by atoms with Crippen LogP contribution in [0.2, 0.25) is 6.55 Å². The van der Waals surface area contributed by atoms with Gasteiger partial charge in [-0.05, 0) is 35.0 Å². The molecule has 0 aromatic heterocycles. The number of benzene rings is 2. The van der Waals surface area contributed by atoms with E-state index in [2.05, 4.69) is 0 Å². The predicted molar refractivity (Wildman–Crippen MR) is 77.1 cm³/mol. The summed E-state index contributed by atoms with van der Waals surface area (Å²) in [6.07, 6.45) is 0. The van der Waals surface area contributed by atoms with Gasteiger partial charge in [-0.1, -0.05) is 30.3 Å². The molecular weight excluding hydrogens is 278 g/mol. The Kier molecular flexibility index (Phi) is 4.32. The van der Waals surface area contributed by atoms with Crippen molar-refractivity contribution in [1.82, 2.24) is 0 Å². The maximum Gasteiger partial charge on any atom is 0.368 e. The molecule has 106 valence electrons. The van der Waals surface area contributed by atoms with Crippen molar-refractivity contribution in [2.75, 3.05) is 14.2 Å². The molecule has 5 heteroatoms. The van der Waals surface area contributed by atoms with Gasteiger partial charge in [0.05, 0.1) is 0 Å². The topological polar surface area (TPSA) is 18.5 Å². The van der Waals surface area contributed by atoms with E-state index in [4.69, 9.17) is 8.85 Å². The summed E-state index contributed by atoms with van der Waals surface area (Å²) in [5, 5.41) is 0.980. The molecule has 2 aromatic rings. The zero-order valence-electron chi connectivity index (χ0n) is 11.6. The van der Waals surface area contributed by atoms with Gasteiger partial charge in [-0.25, -0.2) is 8.78 Å². The molecule has 0 N–H and O–H groups in total. The van der Waals surface area contributed by atoms with Crippen molar-refractivity contribution in [3.63, 3.8) is 0 Å². The van der Waals surface area contributed by atoms with E-state index < -0.39 is 20.2 Å². The lowest BCUT2D eigenvalue weighted by atomic mass is 10.1. The van der Waals surface area contributed by atoms with Crippen molar-refractivity contribution in [3.8, 4) is 11.1 Å². The third-order valence-electron chi connectivity index (χ3n) is 3.44. The summed E-state index contributed by atoms with van der Waals surface area (Å²) in [5.74, 6) is -1.69. The third kappa shape index (κ3) is 2.79. The van der Waals surface area contributed by atoms with E-state index in [1.165, 1.54) is 6.07 Å². The van der Waals surface area contributed by atoms with E-state index in [-0.39, 0.29) is 0 Å². The van der Waals surface area contributed by atoms with Crippen molar-refractivity contribution in [1.29, 1.82) is 0 Å². The van der Waals surface area contributed by atoms with E-state index in [1.54, 1.807) is 20.3 Å². The molecule has 0 heterocycles. The Hall–Kier alpha value is -1.56. The van der Waals surface area contributed by atoms with Gasteiger partial charge >= 0.3 is 8.56 Å². The van der Waals surface area contributed by atoms with Crippen LogP contribution in [0.3, 0.4) is 0 Å². The van der Waals surface area contributed by atoms with Crippen LogP contribution in [0.15, 0.2) is 42.5 Å². The highest BCUT2D eigenvalue weighted by atomic mass is 28.4. The normalized spacial score (nSPS) is 11.7. The van der Waals surface area contributed by atoms with Crippen LogP contribution in [0, 0.1) is 11.6 Å². The second-order valence-corrected chi connectivity index (χ2v) is 7.85. The maximum absolute atomic E-state index is 13.2. The van der Waals surface area contributed by atoms with E-state index in [0.29, 0.717) is 5.56 Å². The summed E-state index contributed by atoms with van der Waals surface area (Å²) in [6, 6.07) is 11.4. The molecule has 0 saturated heterocycles. The Morgan fingerprint density at radius 2 is 1.35 bits per heavy atom. The molecule has 0 atom stereocenters. The lowest BCUT2D eigenvalue weighted by Gasteiger charge is -2.23. The summed E-state index contributed by atoms with van der Waals surface area (Å²) in [6.45, 7) is 1.94. The second-order valence-electron chi connectivity index (χ2n) is 4.56. The minimum atomic E-state index is -2.35. The molecule has 0 aliphatic heterocycles. The molecule has 2 aromatic carbocycles. The highest BCUT2D eigenvalue weighted by Gasteiger charge is 2.31. The second kappa shape index (κ2) is 5.83. The first kappa shape index (κ1) is 14.8. The fourth-order valence-electron chi connectivity index (χ4n) is 1.96. The van der Waals surface area contributed by atoms with Gasteiger partial charge in [0.1, 0.15) is 0 Å². The average molecular weight is 294 g/mol. The first-order valence-electron chi connectivity index (χ1n) is 6.16. The SMILES string of the molecule is CO[Si](C)(OC)c1ccc(-c2ccc(F)c(F)c2)cc1. The molecule has 2 nitrogen and oxygen atoms in total. The van der Waals surface area contributed by atoms with Crippen molar-refractivity contribution in [2.45, 2.75) is 6.55 Å². The quantitative estimate of drug-likeness (QED) is 0.806. The lowest BCUT2D eigenvalue weighted by Crippen LogP contribution is -2.49. The molecule has 0 radical (unpaired) electrons. The molecule has 0 spiro atoms. The molecule has 0 amide bonds. The van der Waals surface area contributed by atoms with E-state index in [1.807, 2.05) is 30.8 Å². The summed E-state index contributed by atoms with van der Waals surface area (Å²) in [4.78, 5) is 0. The van der Waals surface area contributed by atoms with E-state index in [9.17, 15) is 8.78 Å². The Labute approximate surface area is 118 Å². The maximum atomic E-state index is 13.2. The zero-order valence-corrected chi connectivity index (χ0v) is 12.6. The van der Waals surface area contributed by atoms with Gasteiger partial charge in [0.2, 0.25) is 0 Å². The van der Waals surface area contributed by atoms with Gasteiger partial charge in [0.15, 0.2) is 11.6 Å². The third-order valence-corrected chi connectivity index (χ3v) is 6.38. The molecule has 0 aliphatic rings. The van der Waals surface area contributed by atoms with Crippen LogP contribution in [-0.2, 0) is 8.85 Å². The average Bonchev–Trinajstić information content (AvgIpc) is 2.49. The Bertz CT molecular complexity index is 595. The molecule has 0 saturated carbocycles. The van der Waals surface area contributed by atoms with Crippen molar-refractivity contribution in [2.24, 2.45) is 0 Å². The molecule has 0 bridgehead atoms. The Morgan fingerprint density at radius 3 is 1.85 bits per heavy atom. The van der Waals surface area contributed by atoms with Gasteiger partial charge in [0, 0.05) is 14.2 Å². The lowest BCUT2D eigenvalue weighted by molar-refractivity contribution is 0.265. The van der Waals surface area contributed by atoms with Gasteiger partial charge in [-0.15, -0.1) is 0 Å². The molecule has 0 fully saturated rings. The highest BCUT2D eigenvalue weighted by molar-refractivity contribution is 6.79. The molecule has 0 aliphatic carbocycles. The molecule has 0 unspecified atom stereocenters. The standard InChI is InChI=1S/C15H16F2O2Si/c1-18-20(3,19-2)13-7-4-11(5-8-13)12-6-9-14(16)15(17)10-12/h4-10H,1-3H3. The summed E-state index contributed by atoms with van der Waals surface area (Å²) in [5.41, 5.74) is 1.45. The van der Waals surface area contributed by atoms with Gasteiger partial charge in [-0.3, -0.25) is 0 Å². The Morgan fingerprint density at radius 1 is 0.800 bits per heavy atom. The minimum absolute atomic E-state index is 0.633. The van der Waals surface area contributed by atoms with Crippen LogP contribution < -0.4 is 5.19 Å². The fourth-order valence-corrected chi connectivity index (χ4v) is 3.37. The van der Waals surface area contributed by atoms with Crippen LogP contribution in [0.4, 0.5) is 8.78 Å². The number of hydrogen-bond donors (Lipinski definition) is 0. The van der Waals surface area contributed by atoms with Crippen LogP contribution in [0.1, 0.15) is 0 Å².